The summed E-state index contributed by atoms with van der Waals surface area (Å²) in [4.78, 5) is 4.72. The second kappa shape index (κ2) is 25.2. The van der Waals surface area contributed by atoms with E-state index in [1.807, 2.05) is 41.5 Å². The summed E-state index contributed by atoms with van der Waals surface area (Å²) in [6, 6.07) is 0. The van der Waals surface area contributed by atoms with E-state index in [1.54, 1.807) is 0 Å². The number of nitrogens with zero attached hydrogens (tertiary/aromatic N) is 2. The molecule has 0 radical (unpaired) electrons. The predicted octanol–water partition coefficient (Wildman–Crippen LogP) is 6.70. The van der Waals surface area contributed by atoms with Crippen molar-refractivity contribution in [3.05, 3.63) is 0 Å². The summed E-state index contributed by atoms with van der Waals surface area (Å²) in [6.45, 7) is 19.6. The lowest BCUT2D eigenvalue weighted by Crippen LogP contribution is -2.10. The summed E-state index contributed by atoms with van der Waals surface area (Å²) in [5, 5.41) is 0. The molecule has 0 unspecified atom stereocenters. The van der Waals surface area contributed by atoms with Crippen LogP contribution < -0.4 is 0 Å². The van der Waals surface area contributed by atoms with Crippen LogP contribution in [0.15, 0.2) is 0 Å². The van der Waals surface area contributed by atoms with Crippen molar-refractivity contribution in [2.75, 3.05) is 40.3 Å². The standard InChI is InChI=1S/C6H12.2C5H11N.3C2H6/c3*1-6-4-2-3-5-6;3*1-2/h6H,2-5H2,1H3;2*2-5H2,1H3;3*1-2H3. The van der Waals surface area contributed by atoms with Crippen LogP contribution in [0.4, 0.5) is 0 Å². The Hall–Kier alpha value is -0.0800. The molecule has 0 spiro atoms. The van der Waals surface area contributed by atoms with Crippen LogP contribution in [0.5, 0.6) is 0 Å². The lowest BCUT2D eigenvalue weighted by Gasteiger charge is -2.01. The van der Waals surface area contributed by atoms with Crippen LogP contribution in [0.1, 0.15) is 99.8 Å². The van der Waals surface area contributed by atoms with Crippen molar-refractivity contribution in [3.8, 4) is 0 Å². The average molecular weight is 345 g/mol. The highest BCUT2D eigenvalue weighted by Gasteiger charge is 2.07. The van der Waals surface area contributed by atoms with E-state index < -0.39 is 0 Å². The SMILES string of the molecule is CC.CC.CC.CC1CCCC1.CN1CCCC1.CN1CCCC1. The molecule has 150 valence electrons. The fraction of sp³-hybridized carbons (Fsp3) is 1.00. The molecule has 2 heteroatoms. The minimum absolute atomic E-state index is 1.05. The zero-order valence-corrected chi connectivity index (χ0v) is 19.0. The van der Waals surface area contributed by atoms with Crippen LogP contribution in [0.2, 0.25) is 0 Å². The van der Waals surface area contributed by atoms with Gasteiger partial charge in [-0.05, 0) is 71.9 Å². The molecule has 24 heavy (non-hydrogen) atoms. The van der Waals surface area contributed by atoms with Gasteiger partial charge < -0.3 is 9.80 Å². The van der Waals surface area contributed by atoms with Crippen LogP contribution >= 0.6 is 0 Å². The van der Waals surface area contributed by atoms with E-state index in [2.05, 4.69) is 30.8 Å². The van der Waals surface area contributed by atoms with Gasteiger partial charge in [-0.15, -0.1) is 0 Å². The second-order valence-corrected chi connectivity index (χ2v) is 6.41. The monoisotopic (exact) mass is 344 g/mol. The summed E-state index contributed by atoms with van der Waals surface area (Å²) in [6.07, 6.45) is 11.6. The van der Waals surface area contributed by atoms with E-state index in [4.69, 9.17) is 0 Å². The maximum Gasteiger partial charge on any atom is -0.00213 e. The van der Waals surface area contributed by atoms with Crippen molar-refractivity contribution in [1.82, 2.24) is 9.80 Å². The summed E-state index contributed by atoms with van der Waals surface area (Å²) >= 11 is 0. The van der Waals surface area contributed by atoms with Crippen molar-refractivity contribution < 1.29 is 0 Å². The highest BCUT2D eigenvalue weighted by atomic mass is 15.1. The molecular weight excluding hydrogens is 292 g/mol. The Bertz CT molecular complexity index is 143. The van der Waals surface area contributed by atoms with E-state index in [-0.39, 0.29) is 0 Å². The zero-order chi connectivity index (χ0) is 19.2. The van der Waals surface area contributed by atoms with Gasteiger partial charge in [-0.2, -0.15) is 0 Å². The quantitative estimate of drug-likeness (QED) is 0.482. The van der Waals surface area contributed by atoms with Crippen LogP contribution in [0, 0.1) is 5.92 Å². The smallest absolute Gasteiger partial charge is 0.00213 e. The summed E-state index contributed by atoms with van der Waals surface area (Å²) in [5.41, 5.74) is 0. The van der Waals surface area contributed by atoms with E-state index >= 15 is 0 Å². The fourth-order valence-corrected chi connectivity index (χ4v) is 2.88. The van der Waals surface area contributed by atoms with Crippen molar-refractivity contribution >= 4 is 0 Å². The molecule has 0 N–H and O–H groups in total. The molecule has 1 aliphatic carbocycles. The Kier molecular flexibility index (Phi) is 30.1. The van der Waals surface area contributed by atoms with Crippen LogP contribution in [-0.2, 0) is 0 Å². The van der Waals surface area contributed by atoms with Crippen molar-refractivity contribution in [2.24, 2.45) is 5.92 Å². The van der Waals surface area contributed by atoms with Gasteiger partial charge in [-0.1, -0.05) is 74.1 Å². The third kappa shape index (κ3) is 21.9. The molecule has 0 bridgehead atoms. The minimum atomic E-state index is 1.05. The van der Waals surface area contributed by atoms with Crippen molar-refractivity contribution in [2.45, 2.75) is 99.8 Å². The highest BCUT2D eigenvalue weighted by molar-refractivity contribution is 4.61. The fourth-order valence-electron chi connectivity index (χ4n) is 2.88. The third-order valence-corrected chi connectivity index (χ3v) is 4.30. The molecule has 3 fully saturated rings. The van der Waals surface area contributed by atoms with Gasteiger partial charge in [-0.3, -0.25) is 0 Å². The lowest BCUT2D eigenvalue weighted by molar-refractivity contribution is 0.418. The minimum Gasteiger partial charge on any atom is -0.306 e. The molecular formula is C22H52N2. The third-order valence-electron chi connectivity index (χ3n) is 4.30. The van der Waals surface area contributed by atoms with Crippen LogP contribution in [0.3, 0.4) is 0 Å². The van der Waals surface area contributed by atoms with E-state index in [0.717, 1.165) is 5.92 Å². The number of hydrogen-bond acceptors (Lipinski definition) is 2. The maximum atomic E-state index is 2.36. The molecule has 3 aliphatic rings. The second-order valence-electron chi connectivity index (χ2n) is 6.41. The van der Waals surface area contributed by atoms with Gasteiger partial charge in [0.2, 0.25) is 0 Å². The number of rotatable bonds is 0. The lowest BCUT2D eigenvalue weighted by atomic mass is 10.2. The molecule has 0 atom stereocenters. The first-order valence-corrected chi connectivity index (χ1v) is 11.1. The largest absolute Gasteiger partial charge is 0.306 e. The molecule has 0 aromatic rings. The Morgan fingerprint density at radius 1 is 0.500 bits per heavy atom. The summed E-state index contributed by atoms with van der Waals surface area (Å²) in [7, 11) is 4.35. The number of likely N-dealkylation sites (tertiary alicyclic amines) is 2. The van der Waals surface area contributed by atoms with Gasteiger partial charge in [0, 0.05) is 0 Å². The van der Waals surface area contributed by atoms with E-state index in [1.165, 1.54) is 77.5 Å². The molecule has 2 heterocycles. The molecule has 0 amide bonds. The Balaban J connectivity index is -0.000000239. The predicted molar refractivity (Wildman–Crippen MR) is 115 cm³/mol. The van der Waals surface area contributed by atoms with Crippen LogP contribution in [0.25, 0.3) is 0 Å². The summed E-state index contributed by atoms with van der Waals surface area (Å²) in [5.74, 6) is 1.05. The average Bonchev–Trinajstić information content (AvgIpc) is 3.40. The number of hydrogen-bond donors (Lipinski definition) is 0. The molecule has 0 aromatic heterocycles. The van der Waals surface area contributed by atoms with Gasteiger partial charge >= 0.3 is 0 Å². The topological polar surface area (TPSA) is 6.48 Å². The Morgan fingerprint density at radius 2 is 0.750 bits per heavy atom. The van der Waals surface area contributed by atoms with Gasteiger partial charge in [0.15, 0.2) is 0 Å². The normalized spacial score (nSPS) is 19.9. The maximum absolute atomic E-state index is 2.36. The first kappa shape index (κ1) is 28.7. The Morgan fingerprint density at radius 3 is 0.833 bits per heavy atom. The first-order chi connectivity index (χ1) is 11.7. The van der Waals surface area contributed by atoms with E-state index in [0.29, 0.717) is 0 Å². The molecule has 2 aliphatic heterocycles. The van der Waals surface area contributed by atoms with Gasteiger partial charge in [0.05, 0.1) is 0 Å². The van der Waals surface area contributed by atoms with Gasteiger partial charge in [-0.25, -0.2) is 0 Å². The highest BCUT2D eigenvalue weighted by Crippen LogP contribution is 2.22. The first-order valence-electron chi connectivity index (χ1n) is 11.1. The molecule has 0 aromatic carbocycles. The van der Waals surface area contributed by atoms with E-state index in [9.17, 15) is 0 Å². The molecule has 2 saturated heterocycles. The van der Waals surface area contributed by atoms with Crippen LogP contribution in [-0.4, -0.2) is 50.1 Å². The zero-order valence-electron chi connectivity index (χ0n) is 19.0. The molecule has 3 rings (SSSR count). The molecule has 2 nitrogen and oxygen atoms in total. The van der Waals surface area contributed by atoms with Crippen molar-refractivity contribution in [3.63, 3.8) is 0 Å². The van der Waals surface area contributed by atoms with Gasteiger partial charge in [0.25, 0.3) is 0 Å². The summed E-state index contributed by atoms with van der Waals surface area (Å²) < 4.78 is 0. The Labute approximate surface area is 156 Å². The van der Waals surface area contributed by atoms with Gasteiger partial charge in [0.1, 0.15) is 0 Å². The van der Waals surface area contributed by atoms with Crippen molar-refractivity contribution in [1.29, 1.82) is 0 Å². The molecule has 1 saturated carbocycles.